The molecule has 11 nitrogen and oxygen atoms in total. The molecule has 0 amide bonds. The van der Waals surface area contributed by atoms with Crippen molar-refractivity contribution in [2.75, 3.05) is 26.4 Å². The van der Waals surface area contributed by atoms with Crippen molar-refractivity contribution >= 4 is 25.7 Å². The topological polar surface area (TPSA) is 155 Å². The summed E-state index contributed by atoms with van der Waals surface area (Å²) in [6.45, 7) is 4.56. The molecule has 2 N–H and O–H groups in total. The van der Waals surface area contributed by atoms with E-state index in [0.29, 0.717) is 19.3 Å². The van der Waals surface area contributed by atoms with E-state index in [9.17, 15) is 28.9 Å². The number of hydrogen-bond donors (Lipinski definition) is 2. The lowest BCUT2D eigenvalue weighted by atomic mass is 10.0. The first-order valence-electron chi connectivity index (χ1n) is 26.2. The second-order valence-electron chi connectivity index (χ2n) is 17.7. The van der Waals surface area contributed by atoms with E-state index in [1.54, 1.807) is 0 Å². The molecule has 0 radical (unpaired) electrons. The van der Waals surface area contributed by atoms with Gasteiger partial charge in [-0.2, -0.15) is 0 Å². The highest BCUT2D eigenvalue weighted by atomic mass is 31.2. The van der Waals surface area contributed by atoms with Gasteiger partial charge in [0.1, 0.15) is 12.7 Å². The number of carbonyl (C=O) groups is 3. The molecule has 0 aromatic rings. The molecule has 64 heavy (non-hydrogen) atoms. The number of unbranched alkanes of at least 4 members (excludes halogenated alkanes) is 28. The standard InChI is InChI=1S/C52H97O11P/c1-4-7-10-13-16-19-21-23-24-26-28-31-34-37-40-43-52(56)63-49(45-59-50(54)41-38-35-32-29-18-15-12-9-6-3)47-61-64(57,58)60-46-48(44-53)62-51(55)42-39-36-33-30-27-25-22-20-17-14-11-8-5-2/h11,14,20,22,48-49,53H,4-10,12-13,15-19,21,23-47H2,1-3H3,(H,57,58)/b14-11-,22-20-. The number of phosphoric acid groups is 1. The average molecular weight is 929 g/mol. The Labute approximate surface area is 391 Å². The SMILES string of the molecule is CCC/C=C\C/C=C\CCCCCCCC(=O)OC(CO)COP(=O)(O)OCC(COC(=O)CCCCCCCCCCC)OC(=O)CCCCCCCCCCCCCCCCC. The highest BCUT2D eigenvalue weighted by Crippen LogP contribution is 2.43. The van der Waals surface area contributed by atoms with Crippen molar-refractivity contribution in [2.45, 2.75) is 264 Å². The van der Waals surface area contributed by atoms with Crippen LogP contribution in [0.2, 0.25) is 0 Å². The van der Waals surface area contributed by atoms with Crippen LogP contribution in [0.1, 0.15) is 252 Å². The molecule has 0 heterocycles. The number of allylic oxidation sites excluding steroid dienone is 4. The molecule has 12 heteroatoms. The molecular weight excluding hydrogens is 832 g/mol. The van der Waals surface area contributed by atoms with Gasteiger partial charge in [0.05, 0.1) is 19.8 Å². The van der Waals surface area contributed by atoms with Crippen molar-refractivity contribution in [3.63, 3.8) is 0 Å². The van der Waals surface area contributed by atoms with Crippen LogP contribution in [0, 0.1) is 0 Å². The van der Waals surface area contributed by atoms with Crippen LogP contribution in [-0.2, 0) is 42.2 Å². The maximum atomic E-state index is 12.8. The van der Waals surface area contributed by atoms with E-state index in [-0.39, 0.29) is 25.9 Å². The number of carbonyl (C=O) groups excluding carboxylic acids is 3. The second kappa shape index (κ2) is 47.5. The summed E-state index contributed by atoms with van der Waals surface area (Å²) < 4.78 is 39.3. The number of ether oxygens (including phenoxy) is 3. The number of rotatable bonds is 49. The van der Waals surface area contributed by atoms with Crippen LogP contribution in [0.3, 0.4) is 0 Å². The highest BCUT2D eigenvalue weighted by Gasteiger charge is 2.28. The molecule has 0 aliphatic carbocycles. The minimum Gasteiger partial charge on any atom is -0.462 e. The van der Waals surface area contributed by atoms with Crippen LogP contribution in [0.4, 0.5) is 0 Å². The van der Waals surface area contributed by atoms with Crippen molar-refractivity contribution in [3.8, 4) is 0 Å². The summed E-state index contributed by atoms with van der Waals surface area (Å²) in [5, 5.41) is 9.76. The number of phosphoric ester groups is 1. The quantitative estimate of drug-likeness (QED) is 0.0197. The molecule has 0 aromatic heterocycles. The Bertz CT molecular complexity index is 1180. The van der Waals surface area contributed by atoms with E-state index < -0.39 is 57.8 Å². The molecule has 0 aromatic carbocycles. The first-order valence-corrected chi connectivity index (χ1v) is 27.7. The van der Waals surface area contributed by atoms with Gasteiger partial charge in [-0.1, -0.05) is 212 Å². The zero-order valence-corrected chi connectivity index (χ0v) is 42.2. The Hall–Kier alpha value is -2.04. The van der Waals surface area contributed by atoms with Crippen molar-refractivity contribution in [2.24, 2.45) is 0 Å². The maximum Gasteiger partial charge on any atom is 0.472 e. The lowest BCUT2D eigenvalue weighted by Gasteiger charge is -2.21. The third-order valence-electron chi connectivity index (χ3n) is 11.4. The van der Waals surface area contributed by atoms with Gasteiger partial charge in [-0.15, -0.1) is 0 Å². The molecule has 0 bridgehead atoms. The van der Waals surface area contributed by atoms with E-state index in [4.69, 9.17) is 23.3 Å². The van der Waals surface area contributed by atoms with Gasteiger partial charge in [-0.05, 0) is 44.9 Å². The fraction of sp³-hybridized carbons (Fsp3) is 0.865. The highest BCUT2D eigenvalue weighted by molar-refractivity contribution is 7.47. The van der Waals surface area contributed by atoms with Crippen molar-refractivity contribution in [1.82, 2.24) is 0 Å². The first kappa shape index (κ1) is 62.0. The van der Waals surface area contributed by atoms with Gasteiger partial charge in [0.15, 0.2) is 6.10 Å². The number of aliphatic hydroxyl groups excluding tert-OH is 1. The molecule has 0 fully saturated rings. The number of esters is 3. The minimum atomic E-state index is -4.73. The van der Waals surface area contributed by atoms with Gasteiger partial charge >= 0.3 is 25.7 Å². The molecular formula is C52H97O11P. The fourth-order valence-corrected chi connectivity index (χ4v) is 8.12. The van der Waals surface area contributed by atoms with Crippen molar-refractivity contribution in [3.05, 3.63) is 24.3 Å². The zero-order chi connectivity index (χ0) is 47.0. The van der Waals surface area contributed by atoms with Gasteiger partial charge in [0.2, 0.25) is 0 Å². The summed E-state index contributed by atoms with van der Waals surface area (Å²) in [6.07, 6.45) is 44.3. The van der Waals surface area contributed by atoms with Gasteiger partial charge in [-0.25, -0.2) is 4.57 Å². The van der Waals surface area contributed by atoms with Crippen molar-refractivity contribution < 1.29 is 52.2 Å². The lowest BCUT2D eigenvalue weighted by Crippen LogP contribution is -2.30. The third kappa shape index (κ3) is 45.1. The number of aliphatic hydroxyl groups is 1. The summed E-state index contributed by atoms with van der Waals surface area (Å²) in [5.41, 5.74) is 0. The summed E-state index contributed by atoms with van der Waals surface area (Å²) in [4.78, 5) is 48.2. The average Bonchev–Trinajstić information content (AvgIpc) is 3.28. The third-order valence-corrected chi connectivity index (χ3v) is 12.3. The lowest BCUT2D eigenvalue weighted by molar-refractivity contribution is -0.161. The molecule has 0 aliphatic heterocycles. The second-order valence-corrected chi connectivity index (χ2v) is 19.2. The fourth-order valence-electron chi connectivity index (χ4n) is 7.34. The molecule has 3 atom stereocenters. The van der Waals surface area contributed by atoms with Gasteiger partial charge in [0, 0.05) is 19.3 Å². The van der Waals surface area contributed by atoms with E-state index in [1.165, 1.54) is 109 Å². The summed E-state index contributed by atoms with van der Waals surface area (Å²) >= 11 is 0. The van der Waals surface area contributed by atoms with E-state index in [0.717, 1.165) is 83.5 Å². The summed E-state index contributed by atoms with van der Waals surface area (Å²) in [6, 6.07) is 0. The zero-order valence-electron chi connectivity index (χ0n) is 41.3. The molecule has 0 saturated heterocycles. The Kier molecular flexibility index (Phi) is 45.9. The Morgan fingerprint density at radius 3 is 1.22 bits per heavy atom. The van der Waals surface area contributed by atoms with Crippen LogP contribution < -0.4 is 0 Å². The van der Waals surface area contributed by atoms with E-state index >= 15 is 0 Å². The van der Waals surface area contributed by atoms with Crippen molar-refractivity contribution in [1.29, 1.82) is 0 Å². The van der Waals surface area contributed by atoms with Gasteiger partial charge in [-0.3, -0.25) is 23.4 Å². The normalized spacial score (nSPS) is 13.6. The Balaban J connectivity index is 4.67. The summed E-state index contributed by atoms with van der Waals surface area (Å²) in [5.74, 6) is -1.46. The minimum absolute atomic E-state index is 0.165. The van der Waals surface area contributed by atoms with Gasteiger partial charge < -0.3 is 24.2 Å². The van der Waals surface area contributed by atoms with Crippen LogP contribution >= 0.6 is 7.82 Å². The largest absolute Gasteiger partial charge is 0.472 e. The molecule has 0 saturated carbocycles. The summed E-state index contributed by atoms with van der Waals surface area (Å²) in [7, 11) is -4.73. The Morgan fingerprint density at radius 1 is 0.438 bits per heavy atom. The first-order chi connectivity index (χ1) is 31.2. The van der Waals surface area contributed by atoms with E-state index in [1.807, 2.05) is 0 Å². The van der Waals surface area contributed by atoms with Crippen LogP contribution in [0.15, 0.2) is 24.3 Å². The molecule has 3 unspecified atom stereocenters. The van der Waals surface area contributed by atoms with Crippen LogP contribution in [-0.4, -0.2) is 66.5 Å². The molecule has 0 aliphatic rings. The van der Waals surface area contributed by atoms with Crippen LogP contribution in [0.5, 0.6) is 0 Å². The monoisotopic (exact) mass is 929 g/mol. The number of hydrogen-bond acceptors (Lipinski definition) is 10. The molecule has 0 spiro atoms. The molecule has 0 rings (SSSR count). The maximum absolute atomic E-state index is 12.8. The van der Waals surface area contributed by atoms with Crippen LogP contribution in [0.25, 0.3) is 0 Å². The Morgan fingerprint density at radius 2 is 0.797 bits per heavy atom. The predicted molar refractivity (Wildman–Crippen MR) is 261 cm³/mol. The predicted octanol–water partition coefficient (Wildman–Crippen LogP) is 14.7. The van der Waals surface area contributed by atoms with Gasteiger partial charge in [0.25, 0.3) is 0 Å². The molecule has 376 valence electrons. The van der Waals surface area contributed by atoms with E-state index in [2.05, 4.69) is 45.1 Å². The smallest absolute Gasteiger partial charge is 0.462 e.